The molecule has 0 aromatic heterocycles. The monoisotopic (exact) mass is 181 g/mol. The summed E-state index contributed by atoms with van der Waals surface area (Å²) in [6.45, 7) is 1.86. The topological polar surface area (TPSA) is 66.5 Å². The van der Waals surface area contributed by atoms with Crippen LogP contribution in [0.25, 0.3) is 0 Å². The Hall–Kier alpha value is -1.06. The predicted molar refractivity (Wildman–Crippen MR) is 51.5 cm³/mol. The smallest absolute Gasteiger partial charge is 0.120 e. The summed E-state index contributed by atoms with van der Waals surface area (Å²) < 4.78 is 0. The maximum atomic E-state index is 9.53. The molecule has 0 fully saturated rings. The number of aliphatic hydroxyl groups excluding tert-OH is 1. The fourth-order valence-corrected chi connectivity index (χ4v) is 1.22. The molecule has 0 aliphatic carbocycles. The van der Waals surface area contributed by atoms with E-state index in [1.165, 1.54) is 0 Å². The Morgan fingerprint density at radius 2 is 2.15 bits per heavy atom. The summed E-state index contributed by atoms with van der Waals surface area (Å²) in [5, 5.41) is 18.3. The first-order chi connectivity index (χ1) is 6.19. The summed E-state index contributed by atoms with van der Waals surface area (Å²) in [6, 6.07) is 4.86. The number of hydrogen-bond acceptors (Lipinski definition) is 3. The van der Waals surface area contributed by atoms with E-state index >= 15 is 0 Å². The molecule has 0 saturated heterocycles. The van der Waals surface area contributed by atoms with Crippen LogP contribution in [-0.4, -0.2) is 16.8 Å². The summed E-state index contributed by atoms with van der Waals surface area (Å²) in [4.78, 5) is 0. The van der Waals surface area contributed by atoms with E-state index in [4.69, 9.17) is 10.8 Å². The van der Waals surface area contributed by atoms with Crippen LogP contribution in [0.15, 0.2) is 18.2 Å². The third kappa shape index (κ3) is 2.20. The molecule has 0 amide bonds. The Morgan fingerprint density at radius 3 is 2.62 bits per heavy atom. The zero-order valence-electron chi connectivity index (χ0n) is 7.70. The van der Waals surface area contributed by atoms with E-state index in [2.05, 4.69) is 0 Å². The van der Waals surface area contributed by atoms with E-state index in [0.29, 0.717) is 5.56 Å². The molecule has 0 unspecified atom stereocenters. The zero-order valence-corrected chi connectivity index (χ0v) is 7.70. The Kier molecular flexibility index (Phi) is 3.28. The van der Waals surface area contributed by atoms with Gasteiger partial charge in [0.05, 0.1) is 12.6 Å². The number of hydrogen-bond donors (Lipinski definition) is 3. The summed E-state index contributed by atoms with van der Waals surface area (Å²) in [7, 11) is 0. The van der Waals surface area contributed by atoms with Crippen molar-refractivity contribution in [2.45, 2.75) is 19.4 Å². The van der Waals surface area contributed by atoms with Gasteiger partial charge in [-0.25, -0.2) is 0 Å². The standard InChI is InChI=1S/C10H15NO2/c1-2-7-3-4-8(9(11)6-12)10(13)5-7/h3-5,9,12-13H,2,6,11H2,1H3/t9-/m0/s1. The van der Waals surface area contributed by atoms with Gasteiger partial charge in [-0.15, -0.1) is 0 Å². The molecule has 0 aliphatic heterocycles. The Labute approximate surface area is 77.8 Å². The molecule has 4 N–H and O–H groups in total. The van der Waals surface area contributed by atoms with E-state index in [1.54, 1.807) is 12.1 Å². The van der Waals surface area contributed by atoms with Crippen LogP contribution in [0.4, 0.5) is 0 Å². The highest BCUT2D eigenvalue weighted by Crippen LogP contribution is 2.23. The van der Waals surface area contributed by atoms with Gasteiger partial charge >= 0.3 is 0 Å². The molecule has 3 nitrogen and oxygen atoms in total. The highest BCUT2D eigenvalue weighted by Gasteiger charge is 2.09. The van der Waals surface area contributed by atoms with Crippen molar-refractivity contribution in [3.63, 3.8) is 0 Å². The van der Waals surface area contributed by atoms with E-state index in [1.807, 2.05) is 13.0 Å². The molecular weight excluding hydrogens is 166 g/mol. The molecule has 1 rings (SSSR count). The predicted octanol–water partition coefficient (Wildman–Crippen LogP) is 0.947. The van der Waals surface area contributed by atoms with Crippen molar-refractivity contribution in [2.24, 2.45) is 5.73 Å². The molecule has 0 saturated carbocycles. The molecule has 0 radical (unpaired) electrons. The number of aliphatic hydroxyl groups is 1. The van der Waals surface area contributed by atoms with Crippen LogP contribution in [-0.2, 0) is 6.42 Å². The largest absolute Gasteiger partial charge is 0.508 e. The molecule has 0 heterocycles. The maximum absolute atomic E-state index is 9.53. The number of benzene rings is 1. The second-order valence-electron chi connectivity index (χ2n) is 3.04. The number of phenolic OH excluding ortho intramolecular Hbond substituents is 1. The van der Waals surface area contributed by atoms with Gasteiger partial charge in [0.25, 0.3) is 0 Å². The summed E-state index contributed by atoms with van der Waals surface area (Å²) >= 11 is 0. The first-order valence-corrected chi connectivity index (χ1v) is 4.37. The van der Waals surface area contributed by atoms with Crippen molar-refractivity contribution in [3.05, 3.63) is 29.3 Å². The molecule has 1 atom stereocenters. The normalized spacial score (nSPS) is 12.8. The van der Waals surface area contributed by atoms with E-state index < -0.39 is 6.04 Å². The van der Waals surface area contributed by atoms with Gasteiger partial charge in [0.15, 0.2) is 0 Å². The van der Waals surface area contributed by atoms with Gasteiger partial charge in [-0.2, -0.15) is 0 Å². The zero-order chi connectivity index (χ0) is 9.84. The number of aromatic hydroxyl groups is 1. The summed E-state index contributed by atoms with van der Waals surface area (Å²) in [6.07, 6.45) is 0.877. The van der Waals surface area contributed by atoms with Crippen LogP contribution in [0, 0.1) is 0 Å². The van der Waals surface area contributed by atoms with Crippen LogP contribution in [0.1, 0.15) is 24.1 Å². The minimum Gasteiger partial charge on any atom is -0.508 e. The van der Waals surface area contributed by atoms with Gasteiger partial charge in [-0.1, -0.05) is 19.1 Å². The van der Waals surface area contributed by atoms with Gasteiger partial charge in [0, 0.05) is 5.56 Å². The highest BCUT2D eigenvalue weighted by atomic mass is 16.3. The Balaban J connectivity index is 2.98. The van der Waals surface area contributed by atoms with Gasteiger partial charge in [0.1, 0.15) is 5.75 Å². The first-order valence-electron chi connectivity index (χ1n) is 4.37. The van der Waals surface area contributed by atoms with E-state index in [9.17, 15) is 5.11 Å². The fourth-order valence-electron chi connectivity index (χ4n) is 1.22. The third-order valence-electron chi connectivity index (χ3n) is 2.10. The maximum Gasteiger partial charge on any atom is 0.120 e. The summed E-state index contributed by atoms with van der Waals surface area (Å²) in [5.74, 6) is 0.168. The number of rotatable bonds is 3. The lowest BCUT2D eigenvalue weighted by molar-refractivity contribution is 0.265. The number of nitrogens with two attached hydrogens (primary N) is 1. The summed E-state index contributed by atoms with van der Waals surface area (Å²) in [5.41, 5.74) is 7.24. The van der Waals surface area contributed by atoms with Gasteiger partial charge in [-0.05, 0) is 18.1 Å². The van der Waals surface area contributed by atoms with Crippen molar-refractivity contribution in [3.8, 4) is 5.75 Å². The van der Waals surface area contributed by atoms with Gasteiger partial charge in [0.2, 0.25) is 0 Å². The molecule has 0 bridgehead atoms. The fraction of sp³-hybridized carbons (Fsp3) is 0.400. The van der Waals surface area contributed by atoms with E-state index in [-0.39, 0.29) is 12.4 Å². The third-order valence-corrected chi connectivity index (χ3v) is 2.10. The molecule has 72 valence electrons. The molecule has 0 aliphatic rings. The van der Waals surface area contributed by atoms with Crippen LogP contribution < -0.4 is 5.73 Å². The minimum atomic E-state index is -0.495. The molecule has 13 heavy (non-hydrogen) atoms. The second-order valence-corrected chi connectivity index (χ2v) is 3.04. The minimum absolute atomic E-state index is 0.154. The second kappa shape index (κ2) is 4.25. The molecular formula is C10H15NO2. The van der Waals surface area contributed by atoms with Crippen molar-refractivity contribution in [1.82, 2.24) is 0 Å². The molecule has 3 heteroatoms. The highest BCUT2D eigenvalue weighted by molar-refractivity contribution is 5.38. The van der Waals surface area contributed by atoms with E-state index in [0.717, 1.165) is 12.0 Å². The number of aryl methyl sites for hydroxylation is 1. The molecule has 1 aromatic rings. The first kappa shape index (κ1) is 10.0. The van der Waals surface area contributed by atoms with Crippen LogP contribution >= 0.6 is 0 Å². The van der Waals surface area contributed by atoms with Gasteiger partial charge in [-0.3, -0.25) is 0 Å². The average Bonchev–Trinajstić information content (AvgIpc) is 2.16. The van der Waals surface area contributed by atoms with Crippen molar-refractivity contribution in [1.29, 1.82) is 0 Å². The quantitative estimate of drug-likeness (QED) is 0.650. The molecule has 1 aromatic carbocycles. The molecule has 0 spiro atoms. The lowest BCUT2D eigenvalue weighted by atomic mass is 10.0. The SMILES string of the molecule is CCc1ccc([C@@H](N)CO)c(O)c1. The van der Waals surface area contributed by atoms with Crippen molar-refractivity contribution in [2.75, 3.05) is 6.61 Å². The van der Waals surface area contributed by atoms with Crippen molar-refractivity contribution < 1.29 is 10.2 Å². The van der Waals surface area contributed by atoms with Crippen LogP contribution in [0.2, 0.25) is 0 Å². The van der Waals surface area contributed by atoms with Gasteiger partial charge < -0.3 is 15.9 Å². The van der Waals surface area contributed by atoms with Crippen LogP contribution in [0.3, 0.4) is 0 Å². The average molecular weight is 181 g/mol. The van der Waals surface area contributed by atoms with Crippen molar-refractivity contribution >= 4 is 0 Å². The van der Waals surface area contributed by atoms with Crippen LogP contribution in [0.5, 0.6) is 5.75 Å². The Morgan fingerprint density at radius 1 is 1.46 bits per heavy atom. The Bertz CT molecular complexity index is 286. The number of phenols is 1. The lowest BCUT2D eigenvalue weighted by Crippen LogP contribution is -2.14. The lowest BCUT2D eigenvalue weighted by Gasteiger charge is -2.11.